The molecule has 3 amide bonds. The Balaban J connectivity index is 1.51. The summed E-state index contributed by atoms with van der Waals surface area (Å²) in [6.07, 6.45) is 3.36. The Hall–Kier alpha value is -2.64. The van der Waals surface area contributed by atoms with E-state index < -0.39 is 17.4 Å². The Morgan fingerprint density at radius 1 is 1.00 bits per heavy atom. The number of nitrogens with one attached hydrogen (secondary N) is 2. The fraction of sp³-hybridized carbons (Fsp3) is 0.375. The topological polar surface area (TPSA) is 78.5 Å². The highest BCUT2D eigenvalue weighted by Gasteiger charge is 2.70. The lowest BCUT2D eigenvalue weighted by Crippen LogP contribution is -2.53. The van der Waals surface area contributed by atoms with E-state index in [1.54, 1.807) is 11.8 Å². The first-order valence-electron chi connectivity index (χ1n) is 10.6. The van der Waals surface area contributed by atoms with Crippen molar-refractivity contribution in [1.82, 2.24) is 10.2 Å². The minimum absolute atomic E-state index is 0.154. The van der Waals surface area contributed by atoms with Gasteiger partial charge in [-0.15, -0.1) is 0 Å². The molecule has 2 aromatic carbocycles. The van der Waals surface area contributed by atoms with Crippen molar-refractivity contribution in [3.05, 3.63) is 65.7 Å². The minimum Gasteiger partial charge on any atom is -0.324 e. The van der Waals surface area contributed by atoms with Gasteiger partial charge in [0, 0.05) is 23.8 Å². The summed E-state index contributed by atoms with van der Waals surface area (Å²) in [6, 6.07) is 17.1. The number of fused-ring (bicyclic) bond motifs is 4. The molecule has 4 atom stereocenters. The molecule has 31 heavy (non-hydrogen) atoms. The van der Waals surface area contributed by atoms with Crippen LogP contribution >= 0.6 is 11.8 Å². The molecule has 1 spiro atoms. The van der Waals surface area contributed by atoms with Crippen LogP contribution in [0.2, 0.25) is 0 Å². The average Bonchev–Trinajstić information content (AvgIpc) is 3.36. The Morgan fingerprint density at radius 2 is 1.74 bits per heavy atom. The van der Waals surface area contributed by atoms with Gasteiger partial charge < -0.3 is 5.32 Å². The van der Waals surface area contributed by atoms with E-state index >= 15 is 0 Å². The van der Waals surface area contributed by atoms with Crippen LogP contribution in [0.3, 0.4) is 0 Å². The molecule has 3 aliphatic heterocycles. The number of carbonyl (C=O) groups excluding carboxylic acids is 3. The summed E-state index contributed by atoms with van der Waals surface area (Å²) in [5, 5.41) is 6.41. The number of thioether (sulfide) groups is 1. The maximum absolute atomic E-state index is 13.6. The first-order chi connectivity index (χ1) is 15.1. The van der Waals surface area contributed by atoms with E-state index in [9.17, 15) is 14.4 Å². The molecule has 2 saturated heterocycles. The zero-order chi connectivity index (χ0) is 21.6. The van der Waals surface area contributed by atoms with Crippen LogP contribution in [0.25, 0.3) is 0 Å². The lowest BCUT2D eigenvalue weighted by atomic mass is 9.76. The first kappa shape index (κ1) is 20.3. The number of likely N-dealkylation sites (tertiary alicyclic amines) is 1. The molecular formula is C24H25N3O3S. The van der Waals surface area contributed by atoms with Gasteiger partial charge in [-0.3, -0.25) is 24.6 Å². The quantitative estimate of drug-likeness (QED) is 0.682. The van der Waals surface area contributed by atoms with E-state index in [1.807, 2.05) is 60.9 Å². The number of hydrogen-bond acceptors (Lipinski definition) is 5. The summed E-state index contributed by atoms with van der Waals surface area (Å²) in [4.78, 5) is 41.8. The summed E-state index contributed by atoms with van der Waals surface area (Å²) >= 11 is 1.70. The van der Waals surface area contributed by atoms with Crippen molar-refractivity contribution in [2.75, 3.05) is 23.9 Å². The van der Waals surface area contributed by atoms with Crippen LogP contribution < -0.4 is 10.6 Å². The number of amides is 3. The van der Waals surface area contributed by atoms with Gasteiger partial charge in [0.05, 0.1) is 11.8 Å². The fourth-order valence-electron chi connectivity index (χ4n) is 5.42. The van der Waals surface area contributed by atoms with E-state index in [-0.39, 0.29) is 23.8 Å². The van der Waals surface area contributed by atoms with Gasteiger partial charge in [-0.1, -0.05) is 48.5 Å². The second-order valence-corrected chi connectivity index (χ2v) is 9.39. The molecule has 3 heterocycles. The molecule has 2 N–H and O–H groups in total. The molecule has 3 aliphatic rings. The Labute approximate surface area is 185 Å². The maximum atomic E-state index is 13.6. The molecule has 160 valence electrons. The first-order valence-corrected chi connectivity index (χ1v) is 12.0. The highest BCUT2D eigenvalue weighted by molar-refractivity contribution is 7.98. The fourth-order valence-corrected chi connectivity index (χ4v) is 5.91. The molecule has 5 rings (SSSR count). The zero-order valence-electron chi connectivity index (χ0n) is 17.3. The molecule has 2 fully saturated rings. The van der Waals surface area contributed by atoms with Crippen molar-refractivity contribution in [1.29, 1.82) is 0 Å². The highest BCUT2D eigenvalue weighted by Crippen LogP contribution is 2.53. The highest BCUT2D eigenvalue weighted by atomic mass is 32.2. The van der Waals surface area contributed by atoms with Gasteiger partial charge in [-0.2, -0.15) is 11.8 Å². The van der Waals surface area contributed by atoms with Gasteiger partial charge in [0.2, 0.25) is 17.7 Å². The number of anilines is 1. The summed E-state index contributed by atoms with van der Waals surface area (Å²) in [5.41, 5.74) is 1.38. The lowest BCUT2D eigenvalue weighted by molar-refractivity contribution is -0.142. The summed E-state index contributed by atoms with van der Waals surface area (Å²) in [6.45, 7) is 0.337. The van der Waals surface area contributed by atoms with Crippen LogP contribution in [0.1, 0.15) is 17.5 Å². The van der Waals surface area contributed by atoms with Crippen LogP contribution in [0, 0.1) is 11.8 Å². The number of carbonyl (C=O) groups is 3. The van der Waals surface area contributed by atoms with Crippen molar-refractivity contribution < 1.29 is 14.4 Å². The number of para-hydroxylation sites is 1. The van der Waals surface area contributed by atoms with Gasteiger partial charge in [-0.05, 0) is 36.5 Å². The third-order valence-electron chi connectivity index (χ3n) is 6.81. The van der Waals surface area contributed by atoms with Crippen molar-refractivity contribution in [3.63, 3.8) is 0 Å². The number of hydrogen-bond donors (Lipinski definition) is 2. The monoisotopic (exact) mass is 435 g/mol. The molecule has 0 aliphatic carbocycles. The molecule has 7 heteroatoms. The molecular weight excluding hydrogens is 410 g/mol. The number of nitrogens with zero attached hydrogens (tertiary/aromatic N) is 1. The van der Waals surface area contributed by atoms with E-state index in [4.69, 9.17) is 0 Å². The molecule has 2 aromatic rings. The van der Waals surface area contributed by atoms with Gasteiger partial charge in [0.25, 0.3) is 0 Å². The second-order valence-electron chi connectivity index (χ2n) is 8.41. The van der Waals surface area contributed by atoms with Gasteiger partial charge in [0.15, 0.2) is 0 Å². The zero-order valence-corrected chi connectivity index (χ0v) is 18.2. The van der Waals surface area contributed by atoms with Crippen LogP contribution in [0.5, 0.6) is 0 Å². The Morgan fingerprint density at radius 3 is 2.52 bits per heavy atom. The predicted molar refractivity (Wildman–Crippen MR) is 121 cm³/mol. The third-order valence-corrected chi connectivity index (χ3v) is 7.46. The SMILES string of the molecule is CSCCC1NC2(C(=O)Nc3ccccc32)[C@@H]2C(=O)N(CCc3ccccc3)C(=O)[C@H]12. The third kappa shape index (κ3) is 3.02. The Kier molecular flexibility index (Phi) is 5.10. The van der Waals surface area contributed by atoms with Gasteiger partial charge in [-0.25, -0.2) is 0 Å². The molecule has 0 aromatic heterocycles. The molecule has 2 unspecified atom stereocenters. The summed E-state index contributed by atoms with van der Waals surface area (Å²) in [7, 11) is 0. The molecule has 6 nitrogen and oxygen atoms in total. The van der Waals surface area contributed by atoms with Crippen molar-refractivity contribution >= 4 is 35.2 Å². The van der Waals surface area contributed by atoms with Crippen molar-refractivity contribution in [2.24, 2.45) is 11.8 Å². The van der Waals surface area contributed by atoms with Crippen LogP contribution in [-0.4, -0.2) is 47.2 Å². The van der Waals surface area contributed by atoms with Gasteiger partial charge >= 0.3 is 0 Å². The largest absolute Gasteiger partial charge is 0.324 e. The standard InChI is InChI=1S/C24H25N3O3S/c1-31-14-12-18-19-20(24(26-18)16-9-5-6-10-17(16)25-23(24)30)22(29)27(21(19)28)13-11-15-7-3-2-4-8-15/h2-10,18-20,26H,11-14H2,1H3,(H,25,30)/t18?,19-,20+,24?/m1/s1. The molecule has 0 saturated carbocycles. The normalized spacial score (nSPS) is 28.9. The minimum atomic E-state index is -1.18. The van der Waals surface area contributed by atoms with E-state index in [0.717, 1.165) is 23.3 Å². The molecule has 0 radical (unpaired) electrons. The number of rotatable bonds is 6. The van der Waals surface area contributed by atoms with E-state index in [1.165, 1.54) is 4.90 Å². The van der Waals surface area contributed by atoms with Crippen molar-refractivity contribution in [3.8, 4) is 0 Å². The van der Waals surface area contributed by atoms with E-state index in [0.29, 0.717) is 18.7 Å². The predicted octanol–water partition coefficient (Wildman–Crippen LogP) is 2.40. The smallest absolute Gasteiger partial charge is 0.250 e. The summed E-state index contributed by atoms with van der Waals surface area (Å²) in [5.74, 6) is -1.01. The van der Waals surface area contributed by atoms with Crippen LogP contribution in [-0.2, 0) is 26.3 Å². The maximum Gasteiger partial charge on any atom is 0.250 e. The van der Waals surface area contributed by atoms with Crippen molar-refractivity contribution in [2.45, 2.75) is 24.4 Å². The number of benzene rings is 2. The van der Waals surface area contributed by atoms with E-state index in [2.05, 4.69) is 10.6 Å². The Bertz CT molecular complexity index is 1040. The number of imide groups is 1. The molecule has 0 bridgehead atoms. The average molecular weight is 436 g/mol. The van der Waals surface area contributed by atoms with Crippen LogP contribution in [0.15, 0.2) is 54.6 Å². The van der Waals surface area contributed by atoms with Crippen LogP contribution in [0.4, 0.5) is 5.69 Å². The lowest BCUT2D eigenvalue weighted by Gasteiger charge is -2.29. The second kappa shape index (κ2) is 7.80. The van der Waals surface area contributed by atoms with Gasteiger partial charge in [0.1, 0.15) is 5.54 Å². The summed E-state index contributed by atoms with van der Waals surface area (Å²) < 4.78 is 0.